The van der Waals surface area contributed by atoms with E-state index in [1.165, 1.54) is 16.8 Å². The Kier molecular flexibility index (Phi) is 3.73. The van der Waals surface area contributed by atoms with Crippen molar-refractivity contribution in [1.82, 2.24) is 20.4 Å². The maximum absolute atomic E-state index is 11.8. The second-order valence-corrected chi connectivity index (χ2v) is 3.66. The zero-order valence-electron chi connectivity index (χ0n) is 9.52. The van der Waals surface area contributed by atoms with E-state index in [-0.39, 0.29) is 18.2 Å². The van der Waals surface area contributed by atoms with Crippen LogP contribution in [0.15, 0.2) is 11.5 Å². The van der Waals surface area contributed by atoms with Crippen molar-refractivity contribution in [2.24, 2.45) is 0 Å². The molecular formula is C9H16N4O3. The molecule has 90 valence electrons. The fourth-order valence-corrected chi connectivity index (χ4v) is 1.32. The maximum atomic E-state index is 11.8. The van der Waals surface area contributed by atoms with Crippen LogP contribution in [0, 0.1) is 0 Å². The fourth-order valence-electron chi connectivity index (χ4n) is 1.32. The van der Waals surface area contributed by atoms with E-state index >= 15 is 0 Å². The lowest BCUT2D eigenvalue weighted by Gasteiger charge is -2.16. The fraction of sp³-hybridized carbons (Fsp3) is 0.556. The molecular weight excluding hydrogens is 212 g/mol. The lowest BCUT2D eigenvalue weighted by molar-refractivity contribution is -0.125. The largest absolute Gasteiger partial charge is 0.392 e. The number of carbonyl (C=O) groups excluding carboxylic acids is 2. The van der Waals surface area contributed by atoms with Gasteiger partial charge in [0, 0.05) is 21.1 Å². The molecule has 2 amide bonds. The van der Waals surface area contributed by atoms with Gasteiger partial charge in [0.05, 0.1) is 6.61 Å². The highest BCUT2D eigenvalue weighted by Crippen LogP contribution is 2.12. The van der Waals surface area contributed by atoms with E-state index in [1.54, 1.807) is 14.1 Å². The van der Waals surface area contributed by atoms with Crippen molar-refractivity contribution >= 4 is 12.3 Å². The molecule has 1 rings (SSSR count). The molecule has 0 aromatic carbocycles. The summed E-state index contributed by atoms with van der Waals surface area (Å²) in [5, 5.41) is 14.6. The van der Waals surface area contributed by atoms with Gasteiger partial charge in [-0.2, -0.15) is 0 Å². The molecule has 1 atom stereocenters. The molecule has 1 aliphatic rings. The highest BCUT2D eigenvalue weighted by atomic mass is 16.3. The number of amides is 2. The highest BCUT2D eigenvalue weighted by Gasteiger charge is 2.29. The summed E-state index contributed by atoms with van der Waals surface area (Å²) >= 11 is 0. The summed E-state index contributed by atoms with van der Waals surface area (Å²) in [6.45, 7) is -0.180. The van der Waals surface area contributed by atoms with Crippen LogP contribution >= 0.6 is 0 Å². The lowest BCUT2D eigenvalue weighted by atomic mass is 10.4. The van der Waals surface area contributed by atoms with Gasteiger partial charge in [0.2, 0.25) is 6.41 Å². The Labute approximate surface area is 93.7 Å². The predicted octanol–water partition coefficient (Wildman–Crippen LogP) is -2.16. The minimum Gasteiger partial charge on any atom is -0.392 e. The second kappa shape index (κ2) is 4.84. The number of hydrogen-bond donors (Lipinski definition) is 3. The van der Waals surface area contributed by atoms with Crippen molar-refractivity contribution in [3.63, 3.8) is 0 Å². The van der Waals surface area contributed by atoms with Gasteiger partial charge >= 0.3 is 0 Å². The van der Waals surface area contributed by atoms with Gasteiger partial charge in [0.25, 0.3) is 5.91 Å². The van der Waals surface area contributed by atoms with Gasteiger partial charge in [-0.1, -0.05) is 0 Å². The molecule has 0 spiro atoms. The molecule has 0 saturated carbocycles. The molecule has 1 aliphatic heterocycles. The van der Waals surface area contributed by atoms with E-state index in [0.717, 1.165) is 0 Å². The summed E-state index contributed by atoms with van der Waals surface area (Å²) in [6.07, 6.45) is 0.142. The Hall–Kier alpha value is -1.76. The van der Waals surface area contributed by atoms with Crippen LogP contribution in [0.4, 0.5) is 0 Å². The van der Waals surface area contributed by atoms with Crippen LogP contribution in [0.2, 0.25) is 0 Å². The zero-order chi connectivity index (χ0) is 12.3. The molecule has 1 heterocycles. The number of nitrogens with zero attached hydrogens (tertiary/aromatic N) is 2. The maximum Gasteiger partial charge on any atom is 0.273 e. The number of nitrogens with one attached hydrogen (secondary N) is 2. The molecule has 1 unspecified atom stereocenters. The quantitative estimate of drug-likeness (QED) is 0.477. The minimum absolute atomic E-state index is 0.180. The average Bonchev–Trinajstić information content (AvgIpc) is 2.70. The molecule has 0 aromatic rings. The van der Waals surface area contributed by atoms with Gasteiger partial charge < -0.3 is 25.5 Å². The Morgan fingerprint density at radius 2 is 2.06 bits per heavy atom. The molecule has 0 fully saturated rings. The number of rotatable bonds is 4. The van der Waals surface area contributed by atoms with Crippen molar-refractivity contribution in [2.45, 2.75) is 6.17 Å². The smallest absolute Gasteiger partial charge is 0.273 e. The summed E-state index contributed by atoms with van der Waals surface area (Å²) in [4.78, 5) is 25.1. The summed E-state index contributed by atoms with van der Waals surface area (Å²) in [7, 11) is 4.75. The third-order valence-electron chi connectivity index (χ3n) is 2.18. The summed E-state index contributed by atoms with van der Waals surface area (Å²) in [6, 6.07) is 0. The first kappa shape index (κ1) is 12.3. The van der Waals surface area contributed by atoms with E-state index < -0.39 is 6.17 Å². The molecule has 7 nitrogen and oxygen atoms in total. The minimum atomic E-state index is -0.448. The molecule has 0 bridgehead atoms. The number of likely N-dealkylation sites (N-methyl/N-ethyl adjacent to an activating group) is 1. The van der Waals surface area contributed by atoms with Crippen molar-refractivity contribution in [3.8, 4) is 0 Å². The normalized spacial score (nSPS) is 18.9. The van der Waals surface area contributed by atoms with E-state index in [4.69, 9.17) is 5.11 Å². The van der Waals surface area contributed by atoms with Crippen LogP contribution in [0.25, 0.3) is 0 Å². The van der Waals surface area contributed by atoms with Crippen LogP contribution in [0.1, 0.15) is 0 Å². The van der Waals surface area contributed by atoms with Crippen LogP contribution in [-0.2, 0) is 9.59 Å². The van der Waals surface area contributed by atoms with Gasteiger partial charge in [-0.3, -0.25) is 9.59 Å². The van der Waals surface area contributed by atoms with Crippen LogP contribution in [0.5, 0.6) is 0 Å². The van der Waals surface area contributed by atoms with Crippen molar-refractivity contribution in [2.75, 3.05) is 27.7 Å². The van der Waals surface area contributed by atoms with Crippen molar-refractivity contribution in [1.29, 1.82) is 0 Å². The van der Waals surface area contributed by atoms with Gasteiger partial charge in [-0.15, -0.1) is 0 Å². The third kappa shape index (κ3) is 2.25. The molecule has 3 N–H and O–H groups in total. The van der Waals surface area contributed by atoms with E-state index in [2.05, 4.69) is 10.6 Å². The topological polar surface area (TPSA) is 84.9 Å². The molecule has 0 aromatic heterocycles. The molecule has 0 radical (unpaired) electrons. The number of carbonyl (C=O) groups is 2. The number of hydrogen-bond acceptors (Lipinski definition) is 5. The van der Waals surface area contributed by atoms with Crippen LogP contribution < -0.4 is 10.6 Å². The van der Waals surface area contributed by atoms with E-state index in [9.17, 15) is 9.59 Å². The van der Waals surface area contributed by atoms with Crippen molar-refractivity contribution in [3.05, 3.63) is 11.5 Å². The summed E-state index contributed by atoms with van der Waals surface area (Å²) in [5.41, 5.74) is 0.277. The zero-order valence-corrected chi connectivity index (χ0v) is 9.52. The van der Waals surface area contributed by atoms with Gasteiger partial charge in [-0.05, 0) is 0 Å². The monoisotopic (exact) mass is 228 g/mol. The van der Waals surface area contributed by atoms with Gasteiger partial charge in [0.15, 0.2) is 0 Å². The number of aliphatic hydroxyl groups is 1. The lowest BCUT2D eigenvalue weighted by Crippen LogP contribution is -2.39. The Morgan fingerprint density at radius 3 is 2.50 bits per heavy atom. The molecule has 16 heavy (non-hydrogen) atoms. The standard InChI is InChI=1S/C9H16N4O3/c1-12(2)9(16)7-8(13(3)5-15)11-6(4-14)10-7/h5-6,10-11,14H,4H2,1-3H3. The Balaban J connectivity index is 2.97. The first-order chi connectivity index (χ1) is 7.51. The third-order valence-corrected chi connectivity index (χ3v) is 2.18. The predicted molar refractivity (Wildman–Crippen MR) is 56.7 cm³/mol. The summed E-state index contributed by atoms with van der Waals surface area (Å²) < 4.78 is 0. The SMILES string of the molecule is CN(C)C(=O)C1=C(N(C)C=O)NC(CO)N1. The molecule has 0 aliphatic carbocycles. The van der Waals surface area contributed by atoms with Gasteiger partial charge in [0.1, 0.15) is 17.7 Å². The van der Waals surface area contributed by atoms with Crippen LogP contribution in [-0.4, -0.2) is 61.1 Å². The molecule has 7 heteroatoms. The Bertz CT molecular complexity index is 327. The highest BCUT2D eigenvalue weighted by molar-refractivity contribution is 5.94. The number of aliphatic hydroxyl groups excluding tert-OH is 1. The first-order valence-electron chi connectivity index (χ1n) is 4.79. The molecule has 0 saturated heterocycles. The van der Waals surface area contributed by atoms with E-state index in [0.29, 0.717) is 12.2 Å². The Morgan fingerprint density at radius 1 is 1.44 bits per heavy atom. The summed E-state index contributed by atoms with van der Waals surface area (Å²) in [5.74, 6) is 0.111. The van der Waals surface area contributed by atoms with Crippen molar-refractivity contribution < 1.29 is 14.7 Å². The first-order valence-corrected chi connectivity index (χ1v) is 4.79. The van der Waals surface area contributed by atoms with E-state index in [1.807, 2.05) is 0 Å². The average molecular weight is 228 g/mol. The van der Waals surface area contributed by atoms with Crippen LogP contribution in [0.3, 0.4) is 0 Å². The van der Waals surface area contributed by atoms with Gasteiger partial charge in [-0.25, -0.2) is 0 Å². The second-order valence-electron chi connectivity index (χ2n) is 3.66.